The molecule has 0 atom stereocenters. The van der Waals surface area contributed by atoms with Crippen molar-refractivity contribution in [1.82, 2.24) is 0 Å². The Kier molecular flexibility index (Phi) is 8.63. The second-order valence-corrected chi connectivity index (χ2v) is 9.42. The maximum absolute atomic E-state index is 14.6. The molecule has 0 bridgehead atoms. The molecule has 4 rings (SSSR count). The van der Waals surface area contributed by atoms with Crippen LogP contribution in [-0.2, 0) is 12.8 Å². The molecule has 3 heteroatoms. The van der Waals surface area contributed by atoms with E-state index in [0.29, 0.717) is 16.8 Å². The predicted octanol–water partition coefficient (Wildman–Crippen LogP) is 9.89. The first-order valence-electron chi connectivity index (χ1n) is 12.7. The molecule has 0 saturated carbocycles. The molecule has 0 saturated heterocycles. The van der Waals surface area contributed by atoms with Gasteiger partial charge in [-0.25, -0.2) is 13.6 Å². The molecule has 182 valence electrons. The maximum atomic E-state index is 14.6. The van der Waals surface area contributed by atoms with Crippen LogP contribution in [0.25, 0.3) is 27.1 Å². The number of unbranched alkanes of at least 4 members (excludes halogenated alkanes) is 4. The molecule has 0 fully saturated rings. The van der Waals surface area contributed by atoms with E-state index in [1.807, 2.05) is 55.5 Å². The first-order valence-corrected chi connectivity index (χ1v) is 12.7. The van der Waals surface area contributed by atoms with Crippen LogP contribution in [0.1, 0.15) is 48.8 Å². The van der Waals surface area contributed by atoms with Crippen LogP contribution >= 0.6 is 0 Å². The summed E-state index contributed by atoms with van der Waals surface area (Å²) in [5, 5.41) is 0. The zero-order chi connectivity index (χ0) is 25.3. The summed E-state index contributed by atoms with van der Waals surface area (Å²) in [6.45, 7) is 9.06. The summed E-state index contributed by atoms with van der Waals surface area (Å²) in [5.41, 5.74) is 6.70. The topological polar surface area (TPSA) is 4.36 Å². The van der Waals surface area contributed by atoms with Gasteiger partial charge in [-0.3, -0.25) is 0 Å². The molecular weight excluding hydrogens is 448 g/mol. The lowest BCUT2D eigenvalue weighted by atomic mass is 9.98. The van der Waals surface area contributed by atoms with Crippen molar-refractivity contribution in [2.75, 3.05) is 0 Å². The highest BCUT2D eigenvalue weighted by atomic mass is 19.1. The highest BCUT2D eigenvalue weighted by Gasteiger charge is 2.08. The molecule has 0 aliphatic rings. The van der Waals surface area contributed by atoms with Crippen LogP contribution in [-0.4, -0.2) is 0 Å². The molecular formula is C33H31F2N. The minimum atomic E-state index is -0.219. The van der Waals surface area contributed by atoms with Crippen LogP contribution in [0.5, 0.6) is 0 Å². The van der Waals surface area contributed by atoms with Gasteiger partial charge in [0, 0.05) is 11.1 Å². The predicted molar refractivity (Wildman–Crippen MR) is 145 cm³/mol. The smallest absolute Gasteiger partial charge is 0.187 e. The van der Waals surface area contributed by atoms with Crippen molar-refractivity contribution >= 4 is 5.69 Å². The van der Waals surface area contributed by atoms with Gasteiger partial charge in [-0.05, 0) is 67.0 Å². The number of nitrogens with zero attached hydrogens (tertiary/aromatic N) is 1. The van der Waals surface area contributed by atoms with Crippen LogP contribution < -0.4 is 0 Å². The molecule has 36 heavy (non-hydrogen) atoms. The van der Waals surface area contributed by atoms with Gasteiger partial charge in [0.2, 0.25) is 0 Å². The standard InChI is InChI=1S/C33H31F2N/c1-24-10-14-27(15-11-24)30-20-12-25(22-32(30)34)8-6-4-3-5-7-9-26-13-21-31(33(35)23-26)28-16-18-29(36-2)19-17-28/h10-23H,3-9H2,1H3. The van der Waals surface area contributed by atoms with Crippen molar-refractivity contribution in [1.29, 1.82) is 0 Å². The largest absolute Gasteiger partial charge is 0.238 e. The van der Waals surface area contributed by atoms with Gasteiger partial charge in [0.25, 0.3) is 0 Å². The van der Waals surface area contributed by atoms with E-state index in [9.17, 15) is 8.78 Å². The lowest BCUT2D eigenvalue weighted by Crippen LogP contribution is -1.92. The first kappa shape index (κ1) is 25.3. The van der Waals surface area contributed by atoms with Gasteiger partial charge in [0.05, 0.1) is 6.57 Å². The fourth-order valence-electron chi connectivity index (χ4n) is 4.53. The Bertz CT molecular complexity index is 1330. The van der Waals surface area contributed by atoms with Gasteiger partial charge in [-0.15, -0.1) is 0 Å². The zero-order valence-electron chi connectivity index (χ0n) is 20.7. The van der Waals surface area contributed by atoms with Gasteiger partial charge in [-0.2, -0.15) is 0 Å². The normalized spacial score (nSPS) is 10.8. The molecule has 0 unspecified atom stereocenters. The van der Waals surface area contributed by atoms with Crippen LogP contribution in [0.3, 0.4) is 0 Å². The monoisotopic (exact) mass is 479 g/mol. The summed E-state index contributed by atoms with van der Waals surface area (Å²) < 4.78 is 29.3. The average Bonchev–Trinajstić information content (AvgIpc) is 2.89. The lowest BCUT2D eigenvalue weighted by Gasteiger charge is -2.08. The Labute approximate surface area is 213 Å². The summed E-state index contributed by atoms with van der Waals surface area (Å²) in [5.74, 6) is -0.376. The van der Waals surface area contributed by atoms with Crippen LogP contribution in [0, 0.1) is 25.1 Å². The molecule has 1 nitrogen and oxygen atoms in total. The quantitative estimate of drug-likeness (QED) is 0.157. The van der Waals surface area contributed by atoms with Gasteiger partial charge in [0.15, 0.2) is 5.69 Å². The Hall–Kier alpha value is -3.77. The molecule has 4 aromatic carbocycles. The highest BCUT2D eigenvalue weighted by Crippen LogP contribution is 2.27. The van der Waals surface area contributed by atoms with Crippen LogP contribution in [0.15, 0.2) is 84.9 Å². The summed E-state index contributed by atoms with van der Waals surface area (Å²) in [4.78, 5) is 3.38. The molecule has 0 aromatic heterocycles. The Morgan fingerprint density at radius 1 is 0.583 bits per heavy atom. The molecule has 0 spiro atoms. The van der Waals surface area contributed by atoms with Crippen molar-refractivity contribution < 1.29 is 8.78 Å². The van der Waals surface area contributed by atoms with Gasteiger partial charge in [0.1, 0.15) is 11.6 Å². The second kappa shape index (κ2) is 12.3. The van der Waals surface area contributed by atoms with Crippen LogP contribution in [0.4, 0.5) is 14.5 Å². The fourth-order valence-corrected chi connectivity index (χ4v) is 4.53. The zero-order valence-corrected chi connectivity index (χ0v) is 20.7. The Morgan fingerprint density at radius 2 is 1.03 bits per heavy atom. The molecule has 0 N–H and O–H groups in total. The molecule has 0 aliphatic carbocycles. The third-order valence-corrected chi connectivity index (χ3v) is 6.67. The lowest BCUT2D eigenvalue weighted by molar-refractivity contribution is 0.604. The minimum absolute atomic E-state index is 0.157. The minimum Gasteiger partial charge on any atom is -0.238 e. The van der Waals surface area contributed by atoms with Gasteiger partial charge < -0.3 is 0 Å². The van der Waals surface area contributed by atoms with E-state index >= 15 is 0 Å². The number of rotatable bonds is 10. The van der Waals surface area contributed by atoms with Crippen molar-refractivity contribution in [2.45, 2.75) is 51.9 Å². The Morgan fingerprint density at radius 3 is 1.47 bits per heavy atom. The van der Waals surface area contributed by atoms with Gasteiger partial charge >= 0.3 is 0 Å². The van der Waals surface area contributed by atoms with Crippen LogP contribution in [0.2, 0.25) is 0 Å². The SMILES string of the molecule is [C-]#[N+]c1ccc(-c2ccc(CCCCCCCc3ccc(-c4ccc(C)cc4)c(F)c3)cc2F)cc1. The molecule has 0 radical (unpaired) electrons. The second-order valence-electron chi connectivity index (χ2n) is 9.42. The van der Waals surface area contributed by atoms with Crippen molar-refractivity contribution in [3.8, 4) is 22.3 Å². The van der Waals surface area contributed by atoms with E-state index in [1.165, 1.54) is 5.56 Å². The fraction of sp³-hybridized carbons (Fsp3) is 0.242. The van der Waals surface area contributed by atoms with E-state index in [2.05, 4.69) is 4.85 Å². The number of aryl methyl sites for hydroxylation is 3. The third-order valence-electron chi connectivity index (χ3n) is 6.67. The molecule has 0 aliphatic heterocycles. The first-order chi connectivity index (χ1) is 17.5. The van der Waals surface area contributed by atoms with E-state index in [0.717, 1.165) is 67.2 Å². The molecule has 0 amide bonds. The third kappa shape index (κ3) is 6.67. The number of hydrogen-bond donors (Lipinski definition) is 0. The average molecular weight is 480 g/mol. The van der Waals surface area contributed by atoms with Crippen molar-refractivity contribution in [3.05, 3.63) is 125 Å². The van der Waals surface area contributed by atoms with E-state index in [4.69, 9.17) is 6.57 Å². The van der Waals surface area contributed by atoms with E-state index in [1.54, 1.807) is 36.4 Å². The Balaban J connectivity index is 1.17. The summed E-state index contributed by atoms with van der Waals surface area (Å²) in [6.07, 6.45) is 7.14. The summed E-state index contributed by atoms with van der Waals surface area (Å²) >= 11 is 0. The van der Waals surface area contributed by atoms with Gasteiger partial charge in [-0.1, -0.05) is 97.6 Å². The summed E-state index contributed by atoms with van der Waals surface area (Å²) in [7, 11) is 0. The van der Waals surface area contributed by atoms with Crippen molar-refractivity contribution in [3.63, 3.8) is 0 Å². The van der Waals surface area contributed by atoms with E-state index in [-0.39, 0.29) is 11.6 Å². The molecule has 4 aromatic rings. The number of halogens is 2. The van der Waals surface area contributed by atoms with Crippen molar-refractivity contribution in [2.24, 2.45) is 0 Å². The number of benzene rings is 4. The van der Waals surface area contributed by atoms with E-state index < -0.39 is 0 Å². The highest BCUT2D eigenvalue weighted by molar-refractivity contribution is 5.67. The number of hydrogen-bond acceptors (Lipinski definition) is 0. The molecule has 0 heterocycles. The summed E-state index contributed by atoms with van der Waals surface area (Å²) in [6, 6.07) is 26.0. The maximum Gasteiger partial charge on any atom is 0.187 e.